The van der Waals surface area contributed by atoms with Gasteiger partial charge in [0.2, 0.25) is 0 Å². The SMILES string of the molecule is Cc1cc(C)cc(NC2=C(Sc3ccccc3)C(=O)N(c3ccc(C)c(Cl)c3)C2=O)c1. The van der Waals surface area contributed by atoms with Crippen LogP contribution in [0.3, 0.4) is 0 Å². The zero-order valence-corrected chi connectivity index (χ0v) is 19.0. The Labute approximate surface area is 190 Å². The van der Waals surface area contributed by atoms with E-state index < -0.39 is 5.91 Å². The van der Waals surface area contributed by atoms with Crippen molar-refractivity contribution in [3.63, 3.8) is 0 Å². The van der Waals surface area contributed by atoms with Crippen LogP contribution in [0.2, 0.25) is 5.02 Å². The Morgan fingerprint density at radius 1 is 0.839 bits per heavy atom. The van der Waals surface area contributed by atoms with Gasteiger partial charge in [-0.2, -0.15) is 0 Å². The Morgan fingerprint density at radius 3 is 2.16 bits per heavy atom. The topological polar surface area (TPSA) is 49.4 Å². The summed E-state index contributed by atoms with van der Waals surface area (Å²) in [5.74, 6) is -0.770. The van der Waals surface area contributed by atoms with Crippen molar-refractivity contribution in [2.75, 3.05) is 10.2 Å². The second kappa shape index (κ2) is 8.61. The largest absolute Gasteiger partial charge is 0.350 e. The Bertz CT molecular complexity index is 1200. The standard InChI is InChI=1S/C25H21ClN2O2S/c1-15-11-16(2)13-18(12-15)27-22-23(31-20-7-5-4-6-8-20)25(30)28(24(22)29)19-10-9-17(3)21(26)14-19/h4-14,27H,1-3H3. The van der Waals surface area contributed by atoms with Gasteiger partial charge in [-0.3, -0.25) is 9.59 Å². The van der Waals surface area contributed by atoms with E-state index in [2.05, 4.69) is 11.4 Å². The first-order valence-electron chi connectivity index (χ1n) is 9.81. The van der Waals surface area contributed by atoms with Gasteiger partial charge in [0.25, 0.3) is 11.8 Å². The van der Waals surface area contributed by atoms with Crippen LogP contribution in [0.15, 0.2) is 82.2 Å². The number of rotatable bonds is 5. The van der Waals surface area contributed by atoms with E-state index in [0.29, 0.717) is 15.6 Å². The molecule has 1 heterocycles. The molecule has 31 heavy (non-hydrogen) atoms. The average molecular weight is 449 g/mol. The number of anilines is 2. The Morgan fingerprint density at radius 2 is 1.52 bits per heavy atom. The highest BCUT2D eigenvalue weighted by atomic mass is 35.5. The monoisotopic (exact) mass is 448 g/mol. The normalized spacial score (nSPS) is 13.9. The summed E-state index contributed by atoms with van der Waals surface area (Å²) in [6, 6.07) is 20.7. The predicted octanol–water partition coefficient (Wildman–Crippen LogP) is 6.25. The zero-order chi connectivity index (χ0) is 22.1. The highest BCUT2D eigenvalue weighted by molar-refractivity contribution is 8.04. The number of carbonyl (C=O) groups excluding carboxylic acids is 2. The Balaban J connectivity index is 1.77. The molecule has 1 aliphatic rings. The number of halogens is 1. The molecule has 4 rings (SSSR count). The van der Waals surface area contributed by atoms with Gasteiger partial charge in [0.1, 0.15) is 10.6 Å². The summed E-state index contributed by atoms with van der Waals surface area (Å²) in [5.41, 5.74) is 4.50. The van der Waals surface area contributed by atoms with Crippen molar-refractivity contribution in [3.8, 4) is 0 Å². The minimum atomic E-state index is -0.400. The summed E-state index contributed by atoms with van der Waals surface area (Å²) >= 11 is 7.55. The van der Waals surface area contributed by atoms with Crippen LogP contribution in [0, 0.1) is 20.8 Å². The van der Waals surface area contributed by atoms with Crippen LogP contribution in [-0.4, -0.2) is 11.8 Å². The molecule has 0 unspecified atom stereocenters. The highest BCUT2D eigenvalue weighted by Crippen LogP contribution is 2.38. The summed E-state index contributed by atoms with van der Waals surface area (Å²) in [6.07, 6.45) is 0. The summed E-state index contributed by atoms with van der Waals surface area (Å²) in [7, 11) is 0. The number of carbonyl (C=O) groups is 2. The zero-order valence-electron chi connectivity index (χ0n) is 17.4. The molecule has 0 radical (unpaired) electrons. The van der Waals surface area contributed by atoms with E-state index in [1.165, 1.54) is 16.7 Å². The summed E-state index contributed by atoms with van der Waals surface area (Å²) in [5, 5.41) is 3.72. The van der Waals surface area contributed by atoms with Crippen LogP contribution in [-0.2, 0) is 9.59 Å². The van der Waals surface area contributed by atoms with Crippen molar-refractivity contribution in [3.05, 3.63) is 99.0 Å². The molecule has 1 N–H and O–H groups in total. The molecule has 0 saturated carbocycles. The van der Waals surface area contributed by atoms with Gasteiger partial charge in [-0.05, 0) is 73.9 Å². The molecule has 156 valence electrons. The maximum atomic E-state index is 13.4. The number of hydrogen-bond donors (Lipinski definition) is 1. The molecule has 0 saturated heterocycles. The molecule has 6 heteroatoms. The molecule has 0 aromatic heterocycles. The molecule has 0 atom stereocenters. The van der Waals surface area contributed by atoms with Gasteiger partial charge < -0.3 is 5.32 Å². The average Bonchev–Trinajstić information content (AvgIpc) is 2.94. The van der Waals surface area contributed by atoms with Gasteiger partial charge in [-0.1, -0.05) is 53.7 Å². The minimum Gasteiger partial charge on any atom is -0.350 e. The third-order valence-electron chi connectivity index (χ3n) is 4.91. The number of benzene rings is 3. The van der Waals surface area contributed by atoms with E-state index >= 15 is 0 Å². The number of aryl methyl sites for hydroxylation is 3. The molecule has 3 aromatic rings. The summed E-state index contributed by atoms with van der Waals surface area (Å²) in [4.78, 5) is 29.2. The van der Waals surface area contributed by atoms with Crippen molar-refractivity contribution >= 4 is 46.6 Å². The molecule has 0 bridgehead atoms. The number of nitrogens with one attached hydrogen (secondary N) is 1. The van der Waals surface area contributed by atoms with Crippen molar-refractivity contribution in [2.45, 2.75) is 25.7 Å². The van der Waals surface area contributed by atoms with E-state index in [-0.39, 0.29) is 11.6 Å². The van der Waals surface area contributed by atoms with Gasteiger partial charge in [-0.25, -0.2) is 4.90 Å². The summed E-state index contributed by atoms with van der Waals surface area (Å²) in [6.45, 7) is 5.87. The van der Waals surface area contributed by atoms with Crippen molar-refractivity contribution in [2.24, 2.45) is 0 Å². The molecule has 2 amide bonds. The number of hydrogen-bond acceptors (Lipinski definition) is 4. The van der Waals surface area contributed by atoms with Gasteiger partial charge in [0.15, 0.2) is 0 Å². The maximum absolute atomic E-state index is 13.4. The van der Waals surface area contributed by atoms with E-state index in [9.17, 15) is 9.59 Å². The number of imide groups is 1. The molecular formula is C25H21ClN2O2S. The number of amides is 2. The number of nitrogens with zero attached hydrogens (tertiary/aromatic N) is 1. The second-order valence-corrected chi connectivity index (χ2v) is 8.99. The van der Waals surface area contributed by atoms with E-state index in [0.717, 1.165) is 27.3 Å². The lowest BCUT2D eigenvalue weighted by atomic mass is 10.1. The molecular weight excluding hydrogens is 428 g/mol. The highest BCUT2D eigenvalue weighted by Gasteiger charge is 2.40. The van der Waals surface area contributed by atoms with Crippen molar-refractivity contribution in [1.82, 2.24) is 0 Å². The Hall–Kier alpha value is -3.02. The molecule has 0 spiro atoms. The minimum absolute atomic E-state index is 0.264. The van der Waals surface area contributed by atoms with Crippen LogP contribution in [0.25, 0.3) is 0 Å². The number of thioether (sulfide) groups is 1. The lowest BCUT2D eigenvalue weighted by Crippen LogP contribution is -2.32. The van der Waals surface area contributed by atoms with E-state index in [1.807, 2.05) is 63.2 Å². The van der Waals surface area contributed by atoms with Gasteiger partial charge in [-0.15, -0.1) is 0 Å². The van der Waals surface area contributed by atoms with E-state index in [1.54, 1.807) is 18.2 Å². The van der Waals surface area contributed by atoms with Gasteiger partial charge in [0, 0.05) is 15.6 Å². The predicted molar refractivity (Wildman–Crippen MR) is 128 cm³/mol. The van der Waals surface area contributed by atoms with Crippen LogP contribution in [0.1, 0.15) is 16.7 Å². The first kappa shape index (κ1) is 21.2. The molecule has 0 aliphatic carbocycles. The van der Waals surface area contributed by atoms with E-state index in [4.69, 9.17) is 11.6 Å². The molecule has 0 fully saturated rings. The third kappa shape index (κ3) is 4.38. The van der Waals surface area contributed by atoms with Crippen molar-refractivity contribution in [1.29, 1.82) is 0 Å². The van der Waals surface area contributed by atoms with Gasteiger partial charge in [0.05, 0.1) is 5.69 Å². The van der Waals surface area contributed by atoms with Crippen LogP contribution < -0.4 is 10.2 Å². The first-order chi connectivity index (χ1) is 14.8. The lowest BCUT2D eigenvalue weighted by molar-refractivity contribution is -0.120. The Kier molecular flexibility index (Phi) is 5.90. The van der Waals surface area contributed by atoms with Crippen molar-refractivity contribution < 1.29 is 9.59 Å². The molecule has 4 nitrogen and oxygen atoms in total. The molecule has 3 aromatic carbocycles. The van der Waals surface area contributed by atoms with Crippen LogP contribution in [0.4, 0.5) is 11.4 Å². The van der Waals surface area contributed by atoms with Crippen LogP contribution >= 0.6 is 23.4 Å². The smallest absolute Gasteiger partial charge is 0.283 e. The maximum Gasteiger partial charge on any atom is 0.283 e. The second-order valence-electron chi connectivity index (χ2n) is 7.50. The summed E-state index contributed by atoms with van der Waals surface area (Å²) < 4.78 is 0. The quantitative estimate of drug-likeness (QED) is 0.468. The third-order valence-corrected chi connectivity index (χ3v) is 6.41. The fourth-order valence-electron chi connectivity index (χ4n) is 3.47. The molecule has 1 aliphatic heterocycles. The lowest BCUT2D eigenvalue weighted by Gasteiger charge is -2.16. The first-order valence-corrected chi connectivity index (χ1v) is 11.0. The fourth-order valence-corrected chi connectivity index (χ4v) is 4.59. The van der Waals surface area contributed by atoms with Gasteiger partial charge >= 0.3 is 0 Å². The van der Waals surface area contributed by atoms with Crippen LogP contribution in [0.5, 0.6) is 0 Å². The fraction of sp³-hybridized carbons (Fsp3) is 0.120.